The molecule has 5 heteroatoms. The number of thioether (sulfide) groups is 1. The first-order chi connectivity index (χ1) is 11.1. The van der Waals surface area contributed by atoms with Gasteiger partial charge in [-0.05, 0) is 12.5 Å². The van der Waals surface area contributed by atoms with Crippen LogP contribution in [0, 0.1) is 0 Å². The number of carbonyl (C=O) groups excluding carboxylic acids is 2. The minimum Gasteiger partial charge on any atom is -0.348 e. The molecule has 4 nitrogen and oxygen atoms in total. The van der Waals surface area contributed by atoms with Crippen LogP contribution in [-0.4, -0.2) is 34.1 Å². The van der Waals surface area contributed by atoms with E-state index in [0.29, 0.717) is 5.04 Å². The van der Waals surface area contributed by atoms with E-state index in [-0.39, 0.29) is 35.4 Å². The number of fused-ring (bicyclic) bond motifs is 1. The van der Waals surface area contributed by atoms with E-state index in [4.69, 9.17) is 0 Å². The van der Waals surface area contributed by atoms with E-state index in [1.54, 1.807) is 0 Å². The minimum absolute atomic E-state index is 0.00622. The number of hydrogen-bond acceptors (Lipinski definition) is 4. The molecule has 0 aromatic heterocycles. The molecule has 1 aromatic rings. The number of aliphatic imine (C=N–C) groups is 1. The van der Waals surface area contributed by atoms with E-state index in [0.717, 1.165) is 5.56 Å². The zero-order valence-electron chi connectivity index (χ0n) is 12.9. The molecular weight excluding hydrogens is 308 g/mol. The van der Waals surface area contributed by atoms with Crippen LogP contribution in [0.2, 0.25) is 0 Å². The van der Waals surface area contributed by atoms with Crippen LogP contribution in [0.3, 0.4) is 0 Å². The molecule has 3 rings (SSSR count). The predicted octanol–water partition coefficient (Wildman–Crippen LogP) is 2.31. The molecule has 1 aromatic carbocycles. The average molecular weight is 326 g/mol. The van der Waals surface area contributed by atoms with Crippen LogP contribution in [0.4, 0.5) is 0 Å². The van der Waals surface area contributed by atoms with E-state index in [9.17, 15) is 9.59 Å². The molecule has 0 spiro atoms. The molecule has 2 aliphatic rings. The second-order valence-electron chi connectivity index (χ2n) is 5.79. The highest BCUT2D eigenvalue weighted by molar-refractivity contribution is 8.16. The second-order valence-corrected chi connectivity index (χ2v) is 6.92. The summed E-state index contributed by atoms with van der Waals surface area (Å²) in [5.41, 5.74) is 0.581. The summed E-state index contributed by atoms with van der Waals surface area (Å²) < 4.78 is 0. The van der Waals surface area contributed by atoms with Gasteiger partial charge in [-0.3, -0.25) is 14.6 Å². The topological polar surface area (TPSA) is 58.5 Å². The molecule has 0 saturated heterocycles. The smallest absolute Gasteiger partial charge is 0.224 e. The number of rotatable bonds is 5. The van der Waals surface area contributed by atoms with Gasteiger partial charge in [-0.1, -0.05) is 66.4 Å². The van der Waals surface area contributed by atoms with E-state index >= 15 is 0 Å². The van der Waals surface area contributed by atoms with Crippen molar-refractivity contribution in [2.45, 2.75) is 24.1 Å². The molecule has 0 fully saturated rings. The summed E-state index contributed by atoms with van der Waals surface area (Å²) in [6, 6.07) is 9.47. The molecular formula is C18H18N2O2S. The van der Waals surface area contributed by atoms with E-state index in [2.05, 4.69) is 16.4 Å². The summed E-state index contributed by atoms with van der Waals surface area (Å²) in [7, 11) is 0. The van der Waals surface area contributed by atoms with E-state index in [1.165, 1.54) is 11.8 Å². The summed E-state index contributed by atoms with van der Waals surface area (Å²) in [4.78, 5) is 28.7. The van der Waals surface area contributed by atoms with Crippen molar-refractivity contribution in [3.05, 3.63) is 60.2 Å². The number of carbonyl (C=O) groups is 2. The van der Waals surface area contributed by atoms with Gasteiger partial charge in [0.2, 0.25) is 11.7 Å². The van der Waals surface area contributed by atoms with Crippen molar-refractivity contribution >= 4 is 28.5 Å². The van der Waals surface area contributed by atoms with E-state index in [1.807, 2.05) is 55.5 Å². The van der Waals surface area contributed by atoms with Crippen LogP contribution < -0.4 is 5.32 Å². The molecule has 2 atom stereocenters. The SMILES string of the molecule is CC12C=CC=CC1SC(C(=O)CNC(=O)Cc1ccccc1)=N2. The number of nitrogens with one attached hydrogen (secondary N) is 1. The Morgan fingerprint density at radius 3 is 2.78 bits per heavy atom. The molecule has 2 unspecified atom stereocenters. The lowest BCUT2D eigenvalue weighted by atomic mass is 9.94. The first-order valence-corrected chi connectivity index (χ1v) is 8.41. The molecule has 0 bridgehead atoms. The molecule has 23 heavy (non-hydrogen) atoms. The monoisotopic (exact) mass is 326 g/mol. The van der Waals surface area contributed by atoms with Gasteiger partial charge in [-0.15, -0.1) is 0 Å². The van der Waals surface area contributed by atoms with Crippen LogP contribution in [-0.2, 0) is 16.0 Å². The van der Waals surface area contributed by atoms with Crippen LogP contribution in [0.1, 0.15) is 12.5 Å². The number of Topliss-reactive ketones (excluding diaryl/α,β-unsaturated/α-hetero) is 1. The number of benzene rings is 1. The number of nitrogens with zero attached hydrogens (tertiary/aromatic N) is 1. The Balaban J connectivity index is 1.54. The van der Waals surface area contributed by atoms with Crippen molar-refractivity contribution in [2.75, 3.05) is 6.54 Å². The average Bonchev–Trinajstić information content (AvgIpc) is 2.91. The van der Waals surface area contributed by atoms with Gasteiger partial charge in [0.15, 0.2) is 0 Å². The summed E-state index contributed by atoms with van der Waals surface area (Å²) >= 11 is 1.47. The largest absolute Gasteiger partial charge is 0.348 e. The van der Waals surface area contributed by atoms with Crippen LogP contribution in [0.25, 0.3) is 0 Å². The summed E-state index contributed by atoms with van der Waals surface area (Å²) in [5, 5.41) is 3.34. The summed E-state index contributed by atoms with van der Waals surface area (Å²) in [6.07, 6.45) is 8.28. The second kappa shape index (κ2) is 6.54. The standard InChI is InChI=1S/C18H18N2O2S/c1-18-10-6-5-9-15(18)23-17(20-18)14(21)12-19-16(22)11-13-7-3-2-4-8-13/h2-10,15H,11-12H2,1H3,(H,19,22). The Kier molecular flexibility index (Phi) is 4.48. The first-order valence-electron chi connectivity index (χ1n) is 7.53. The minimum atomic E-state index is -0.349. The Labute approximate surface area is 139 Å². The Hall–Kier alpha value is -2.14. The zero-order chi connectivity index (χ0) is 16.3. The van der Waals surface area contributed by atoms with E-state index < -0.39 is 0 Å². The zero-order valence-corrected chi connectivity index (χ0v) is 13.7. The third-order valence-electron chi connectivity index (χ3n) is 3.88. The van der Waals surface area contributed by atoms with Crippen LogP contribution in [0.5, 0.6) is 0 Å². The van der Waals surface area contributed by atoms with Crippen molar-refractivity contribution in [2.24, 2.45) is 4.99 Å². The maximum atomic E-state index is 12.3. The van der Waals surface area contributed by atoms with Gasteiger partial charge in [-0.2, -0.15) is 0 Å². The van der Waals surface area contributed by atoms with Crippen molar-refractivity contribution in [3.8, 4) is 0 Å². The van der Waals surface area contributed by atoms with Gasteiger partial charge < -0.3 is 5.32 Å². The van der Waals surface area contributed by atoms with Crippen LogP contribution >= 0.6 is 11.8 Å². The fourth-order valence-electron chi connectivity index (χ4n) is 2.56. The summed E-state index contributed by atoms with van der Waals surface area (Å²) in [6.45, 7) is 2.01. The highest BCUT2D eigenvalue weighted by atomic mass is 32.2. The molecule has 1 aliphatic carbocycles. The highest BCUT2D eigenvalue weighted by Gasteiger charge is 2.40. The van der Waals surface area contributed by atoms with Gasteiger partial charge in [0.1, 0.15) is 5.04 Å². The number of allylic oxidation sites excluding steroid dienone is 2. The Bertz CT molecular complexity index is 709. The lowest BCUT2D eigenvalue weighted by Gasteiger charge is -2.23. The van der Waals surface area contributed by atoms with Gasteiger partial charge in [0.05, 0.1) is 23.8 Å². The highest BCUT2D eigenvalue weighted by Crippen LogP contribution is 2.39. The lowest BCUT2D eigenvalue weighted by molar-refractivity contribution is -0.122. The normalized spacial score (nSPS) is 24.9. The number of hydrogen-bond donors (Lipinski definition) is 1. The maximum absolute atomic E-state index is 12.3. The molecule has 1 heterocycles. The number of ketones is 1. The lowest BCUT2D eigenvalue weighted by Crippen LogP contribution is -2.33. The van der Waals surface area contributed by atoms with Gasteiger partial charge in [-0.25, -0.2) is 0 Å². The van der Waals surface area contributed by atoms with Crippen molar-refractivity contribution in [1.82, 2.24) is 5.32 Å². The molecule has 0 saturated carbocycles. The number of amides is 1. The molecule has 0 radical (unpaired) electrons. The first kappa shape index (κ1) is 15.7. The Morgan fingerprint density at radius 1 is 1.26 bits per heavy atom. The van der Waals surface area contributed by atoms with Gasteiger partial charge in [0, 0.05) is 0 Å². The Morgan fingerprint density at radius 2 is 2.04 bits per heavy atom. The maximum Gasteiger partial charge on any atom is 0.224 e. The molecule has 1 amide bonds. The predicted molar refractivity (Wildman–Crippen MR) is 93.7 cm³/mol. The van der Waals surface area contributed by atoms with Gasteiger partial charge >= 0.3 is 0 Å². The summed E-state index contributed by atoms with van der Waals surface area (Å²) in [5.74, 6) is -0.287. The molecule has 1 N–H and O–H groups in total. The fraction of sp³-hybridized carbons (Fsp3) is 0.278. The molecule has 118 valence electrons. The van der Waals surface area contributed by atoms with Crippen molar-refractivity contribution in [1.29, 1.82) is 0 Å². The van der Waals surface area contributed by atoms with Gasteiger partial charge in [0.25, 0.3) is 0 Å². The third-order valence-corrected chi connectivity index (χ3v) is 5.31. The fourth-order valence-corrected chi connectivity index (χ4v) is 3.79. The quantitative estimate of drug-likeness (QED) is 0.903. The van der Waals surface area contributed by atoms with Crippen molar-refractivity contribution in [3.63, 3.8) is 0 Å². The third kappa shape index (κ3) is 3.62. The molecule has 1 aliphatic heterocycles. The van der Waals surface area contributed by atoms with Crippen LogP contribution in [0.15, 0.2) is 59.6 Å². The van der Waals surface area contributed by atoms with Crippen molar-refractivity contribution < 1.29 is 9.59 Å².